The van der Waals surface area contributed by atoms with Gasteiger partial charge >= 0.3 is 0 Å². The molecule has 1 aliphatic heterocycles. The molecule has 3 unspecified atom stereocenters. The predicted octanol–water partition coefficient (Wildman–Crippen LogP) is 2.96. The van der Waals surface area contributed by atoms with Gasteiger partial charge in [-0.25, -0.2) is 9.38 Å². The molecule has 1 aliphatic carbocycles. The normalized spacial score (nSPS) is 30.0. The fourth-order valence-electron chi connectivity index (χ4n) is 4.06. The topological polar surface area (TPSA) is 94.5 Å². The van der Waals surface area contributed by atoms with Crippen LogP contribution in [0.2, 0.25) is 0 Å². The van der Waals surface area contributed by atoms with E-state index in [1.54, 1.807) is 40.0 Å². The molecular weight excluding hydrogens is 345 g/mol. The molecule has 7 heteroatoms. The van der Waals surface area contributed by atoms with Crippen molar-refractivity contribution in [1.82, 2.24) is 4.90 Å². The summed E-state index contributed by atoms with van der Waals surface area (Å²) in [7, 11) is 1.57. The van der Waals surface area contributed by atoms with E-state index in [4.69, 9.17) is 5.73 Å². The third kappa shape index (κ3) is 2.93. The summed E-state index contributed by atoms with van der Waals surface area (Å²) in [4.78, 5) is 18.6. The minimum atomic E-state index is -1.15. The van der Waals surface area contributed by atoms with Crippen molar-refractivity contribution in [2.75, 3.05) is 12.4 Å². The number of carbonyl (C=O) groups excluding carboxylic acids is 1. The largest absolute Gasteiger partial charge is 0.381 e. The summed E-state index contributed by atoms with van der Waals surface area (Å²) in [5.74, 6) is -0.632. The molecule has 0 aromatic heterocycles. The zero-order valence-electron chi connectivity index (χ0n) is 16.2. The Morgan fingerprint density at radius 2 is 2.07 bits per heavy atom. The Hall–Kier alpha value is -2.62. The van der Waals surface area contributed by atoms with Crippen LogP contribution in [0, 0.1) is 28.5 Å². The third-order valence-corrected chi connectivity index (χ3v) is 6.26. The molecule has 0 bridgehead atoms. The van der Waals surface area contributed by atoms with E-state index in [1.165, 1.54) is 11.0 Å². The Labute approximate surface area is 159 Å². The molecule has 0 radical (unpaired) electrons. The van der Waals surface area contributed by atoms with Crippen LogP contribution < -0.4 is 11.1 Å². The molecule has 3 rings (SSSR count). The highest BCUT2D eigenvalue weighted by Crippen LogP contribution is 2.47. The van der Waals surface area contributed by atoms with Crippen LogP contribution in [-0.2, 0) is 10.3 Å². The summed E-state index contributed by atoms with van der Waals surface area (Å²) >= 11 is 0. The van der Waals surface area contributed by atoms with Crippen LogP contribution >= 0.6 is 0 Å². The van der Waals surface area contributed by atoms with Crippen molar-refractivity contribution in [3.8, 4) is 6.07 Å². The SMILES string of the molecule is CN1C(=O)C(C)(C)C(C)(c2cc(NC3CCCC3C#N)ccc2F)N=C1N. The van der Waals surface area contributed by atoms with Gasteiger partial charge in [0, 0.05) is 24.3 Å². The van der Waals surface area contributed by atoms with Crippen molar-refractivity contribution in [3.05, 3.63) is 29.6 Å². The van der Waals surface area contributed by atoms with E-state index in [2.05, 4.69) is 16.4 Å². The van der Waals surface area contributed by atoms with Crippen molar-refractivity contribution < 1.29 is 9.18 Å². The van der Waals surface area contributed by atoms with Crippen LogP contribution in [0.3, 0.4) is 0 Å². The van der Waals surface area contributed by atoms with E-state index in [9.17, 15) is 14.4 Å². The van der Waals surface area contributed by atoms with Gasteiger partial charge in [-0.3, -0.25) is 9.69 Å². The summed E-state index contributed by atoms with van der Waals surface area (Å²) < 4.78 is 14.8. The van der Waals surface area contributed by atoms with E-state index < -0.39 is 16.8 Å². The first-order chi connectivity index (χ1) is 12.6. The molecule has 0 saturated heterocycles. The molecule has 3 N–H and O–H groups in total. The van der Waals surface area contributed by atoms with Gasteiger partial charge < -0.3 is 11.1 Å². The van der Waals surface area contributed by atoms with Crippen molar-refractivity contribution in [2.24, 2.45) is 22.1 Å². The highest BCUT2D eigenvalue weighted by Gasteiger charge is 2.53. The van der Waals surface area contributed by atoms with E-state index in [1.807, 2.05) is 0 Å². The predicted molar refractivity (Wildman–Crippen MR) is 102 cm³/mol. The molecule has 1 fully saturated rings. The second-order valence-corrected chi connectivity index (χ2v) is 8.14. The van der Waals surface area contributed by atoms with Crippen LogP contribution in [0.4, 0.5) is 10.1 Å². The number of nitriles is 1. The zero-order chi connectivity index (χ0) is 20.0. The summed E-state index contributed by atoms with van der Waals surface area (Å²) in [6, 6.07) is 7.11. The lowest BCUT2D eigenvalue weighted by atomic mass is 9.67. The smallest absolute Gasteiger partial charge is 0.237 e. The Morgan fingerprint density at radius 3 is 2.74 bits per heavy atom. The van der Waals surface area contributed by atoms with E-state index in [0.29, 0.717) is 5.56 Å². The second-order valence-electron chi connectivity index (χ2n) is 8.14. The number of nitrogens with two attached hydrogens (primary N) is 1. The molecule has 1 amide bonds. The first kappa shape index (κ1) is 19.2. The summed E-state index contributed by atoms with van der Waals surface area (Å²) in [5, 5.41) is 12.6. The molecule has 1 aromatic rings. The highest BCUT2D eigenvalue weighted by atomic mass is 19.1. The molecule has 0 spiro atoms. The number of anilines is 1. The minimum Gasteiger partial charge on any atom is -0.381 e. The molecule has 1 heterocycles. The van der Waals surface area contributed by atoms with Gasteiger partial charge in [-0.1, -0.05) is 0 Å². The van der Waals surface area contributed by atoms with Crippen molar-refractivity contribution in [2.45, 2.75) is 51.6 Å². The van der Waals surface area contributed by atoms with E-state index in [-0.39, 0.29) is 23.8 Å². The van der Waals surface area contributed by atoms with Crippen LogP contribution in [0.15, 0.2) is 23.2 Å². The molecule has 6 nitrogen and oxygen atoms in total. The van der Waals surface area contributed by atoms with Gasteiger partial charge in [-0.15, -0.1) is 0 Å². The van der Waals surface area contributed by atoms with Crippen LogP contribution in [-0.4, -0.2) is 29.9 Å². The minimum absolute atomic E-state index is 0.0434. The summed E-state index contributed by atoms with van der Waals surface area (Å²) in [5.41, 5.74) is 4.85. The third-order valence-electron chi connectivity index (χ3n) is 6.26. The maximum Gasteiger partial charge on any atom is 0.237 e. The van der Waals surface area contributed by atoms with Crippen molar-refractivity contribution in [3.63, 3.8) is 0 Å². The number of aliphatic imine (C=N–C) groups is 1. The monoisotopic (exact) mass is 371 g/mol. The van der Waals surface area contributed by atoms with Gasteiger partial charge in [0.05, 0.1) is 17.4 Å². The number of amides is 1. The molecular formula is C20H26FN5O. The van der Waals surface area contributed by atoms with Gasteiger partial charge in [0.25, 0.3) is 0 Å². The number of halogens is 1. The van der Waals surface area contributed by atoms with Gasteiger partial charge in [0.2, 0.25) is 5.91 Å². The maximum absolute atomic E-state index is 14.8. The van der Waals surface area contributed by atoms with Crippen molar-refractivity contribution >= 4 is 17.6 Å². The van der Waals surface area contributed by atoms with Crippen molar-refractivity contribution in [1.29, 1.82) is 5.26 Å². The fourth-order valence-corrected chi connectivity index (χ4v) is 4.06. The number of nitrogens with one attached hydrogen (secondary N) is 1. The first-order valence-corrected chi connectivity index (χ1v) is 9.21. The number of hydrogen-bond acceptors (Lipinski definition) is 5. The standard InChI is InChI=1S/C20H26FN5O/c1-19(2)17(27)26(4)18(23)25-20(19,3)14-10-13(8-9-15(14)21)24-16-7-5-6-12(16)11-22/h8-10,12,16,24H,5-7H2,1-4H3,(H2,23,25). The quantitative estimate of drug-likeness (QED) is 0.854. The number of hydrogen-bond donors (Lipinski definition) is 2. The molecule has 3 atom stereocenters. The lowest BCUT2D eigenvalue weighted by molar-refractivity contribution is -0.140. The lowest BCUT2D eigenvalue weighted by Gasteiger charge is -2.46. The summed E-state index contributed by atoms with van der Waals surface area (Å²) in [6.45, 7) is 5.24. The zero-order valence-corrected chi connectivity index (χ0v) is 16.2. The van der Waals surface area contributed by atoms with Crippen LogP contribution in [0.1, 0.15) is 45.6 Å². The Kier molecular flexibility index (Phi) is 4.62. The van der Waals surface area contributed by atoms with Crippen LogP contribution in [0.5, 0.6) is 0 Å². The number of rotatable bonds is 3. The molecule has 1 aromatic carbocycles. The highest BCUT2D eigenvalue weighted by molar-refractivity contribution is 6.01. The number of carbonyl (C=O) groups is 1. The molecule has 2 aliphatic rings. The van der Waals surface area contributed by atoms with Gasteiger partial charge in [-0.2, -0.15) is 5.26 Å². The first-order valence-electron chi connectivity index (χ1n) is 9.21. The number of guanidine groups is 1. The molecule has 1 saturated carbocycles. The number of nitrogens with zero attached hydrogens (tertiary/aromatic N) is 3. The van der Waals surface area contributed by atoms with Gasteiger partial charge in [-0.05, 0) is 58.2 Å². The van der Waals surface area contributed by atoms with Gasteiger partial charge in [0.1, 0.15) is 11.4 Å². The number of benzene rings is 1. The fraction of sp³-hybridized carbons (Fsp3) is 0.550. The maximum atomic E-state index is 14.8. The Morgan fingerprint density at radius 1 is 1.37 bits per heavy atom. The Bertz CT molecular complexity index is 843. The molecule has 27 heavy (non-hydrogen) atoms. The van der Waals surface area contributed by atoms with Gasteiger partial charge in [0.15, 0.2) is 5.96 Å². The molecule has 144 valence electrons. The average molecular weight is 371 g/mol. The Balaban J connectivity index is 2.03. The lowest BCUT2D eigenvalue weighted by Crippen LogP contribution is -2.58. The van der Waals surface area contributed by atoms with E-state index in [0.717, 1.165) is 24.9 Å². The second kappa shape index (κ2) is 6.52. The average Bonchev–Trinajstić information content (AvgIpc) is 3.07. The van der Waals surface area contributed by atoms with Crippen LogP contribution in [0.25, 0.3) is 0 Å². The summed E-state index contributed by atoms with van der Waals surface area (Å²) in [6.07, 6.45) is 2.77. The van der Waals surface area contributed by atoms with E-state index >= 15 is 0 Å².